The molecule has 1 saturated carbocycles. The van der Waals surface area contributed by atoms with E-state index in [1.807, 2.05) is 19.1 Å². The minimum Gasteiger partial charge on any atom is -0.323 e. The Hall–Kier alpha value is -0.900. The Labute approximate surface area is 122 Å². The van der Waals surface area contributed by atoms with Crippen LogP contribution in [0.5, 0.6) is 0 Å². The summed E-state index contributed by atoms with van der Waals surface area (Å²) in [5.74, 6) is 0.663. The highest BCUT2D eigenvalue weighted by molar-refractivity contribution is 7.11. The molecule has 1 aromatic heterocycles. The first-order valence-corrected chi connectivity index (χ1v) is 7.82. The van der Waals surface area contributed by atoms with E-state index < -0.39 is 0 Å². The summed E-state index contributed by atoms with van der Waals surface area (Å²) in [4.78, 5) is 6.09. The quantitative estimate of drug-likeness (QED) is 0.913. The normalized spacial score (nSPS) is 16.6. The summed E-state index contributed by atoms with van der Waals surface area (Å²) in [6, 6.07) is 8.07. The van der Waals surface area contributed by atoms with Crippen LogP contribution < -0.4 is 5.73 Å². The zero-order chi connectivity index (χ0) is 13.4. The van der Waals surface area contributed by atoms with Gasteiger partial charge in [0.25, 0.3) is 0 Å². The number of aromatic nitrogens is 1. The van der Waals surface area contributed by atoms with Crippen LogP contribution in [0.1, 0.15) is 52.9 Å². The van der Waals surface area contributed by atoms with Crippen molar-refractivity contribution in [3.05, 3.63) is 50.4 Å². The molecule has 4 heteroatoms. The molecule has 1 atom stereocenters. The summed E-state index contributed by atoms with van der Waals surface area (Å²) < 4.78 is 0. The summed E-state index contributed by atoms with van der Waals surface area (Å²) in [6.07, 6.45) is 3.40. The lowest BCUT2D eigenvalue weighted by atomic mass is 10.1. The highest BCUT2D eigenvalue weighted by Gasteiger charge is 2.30. The molecule has 1 heterocycles. The maximum absolute atomic E-state index is 6.06. The van der Waals surface area contributed by atoms with Gasteiger partial charge in [0.2, 0.25) is 0 Å². The molecule has 0 saturated heterocycles. The van der Waals surface area contributed by atoms with Crippen molar-refractivity contribution in [2.24, 2.45) is 5.73 Å². The zero-order valence-electron chi connectivity index (χ0n) is 10.9. The lowest BCUT2D eigenvalue weighted by Crippen LogP contribution is -2.05. The molecule has 1 fully saturated rings. The molecule has 2 nitrogen and oxygen atoms in total. The van der Waals surface area contributed by atoms with Crippen LogP contribution in [0.15, 0.2) is 24.3 Å². The lowest BCUT2D eigenvalue weighted by molar-refractivity contribution is 0.810. The van der Waals surface area contributed by atoms with Gasteiger partial charge < -0.3 is 5.73 Å². The number of hydrogen-bond acceptors (Lipinski definition) is 3. The Morgan fingerprint density at radius 2 is 2.05 bits per heavy atom. The molecular weight excluding hydrogens is 276 g/mol. The third-order valence-electron chi connectivity index (χ3n) is 3.37. The highest BCUT2D eigenvalue weighted by Crippen LogP contribution is 2.44. The predicted octanol–water partition coefficient (Wildman–Crippen LogP) is 4.28. The minimum atomic E-state index is 0.0899. The Morgan fingerprint density at radius 1 is 1.37 bits per heavy atom. The first-order chi connectivity index (χ1) is 9.13. The van der Waals surface area contributed by atoms with Gasteiger partial charge in [0.15, 0.2) is 0 Å². The number of halogens is 1. The molecule has 100 valence electrons. The predicted molar refractivity (Wildman–Crippen MR) is 80.9 cm³/mol. The fourth-order valence-corrected chi connectivity index (χ4v) is 3.48. The van der Waals surface area contributed by atoms with Crippen molar-refractivity contribution in [1.82, 2.24) is 4.98 Å². The van der Waals surface area contributed by atoms with Crippen LogP contribution in [0.25, 0.3) is 0 Å². The maximum Gasteiger partial charge on any atom is 0.0975 e. The number of nitrogens with zero attached hydrogens (tertiary/aromatic N) is 1. The van der Waals surface area contributed by atoms with E-state index in [-0.39, 0.29) is 6.04 Å². The van der Waals surface area contributed by atoms with Crippen molar-refractivity contribution < 1.29 is 0 Å². The Bertz CT molecular complexity index is 551. The van der Waals surface area contributed by atoms with E-state index >= 15 is 0 Å². The fraction of sp³-hybridized carbons (Fsp3) is 0.400. The second-order valence-corrected chi connectivity index (χ2v) is 6.77. The summed E-state index contributed by atoms with van der Waals surface area (Å²) in [5, 5.41) is 1.94. The molecule has 0 aliphatic heterocycles. The third kappa shape index (κ3) is 2.99. The molecule has 2 aromatic rings. The monoisotopic (exact) mass is 292 g/mol. The van der Waals surface area contributed by atoms with E-state index in [1.165, 1.54) is 29.0 Å². The van der Waals surface area contributed by atoms with Crippen molar-refractivity contribution in [3.8, 4) is 0 Å². The second kappa shape index (κ2) is 5.23. The van der Waals surface area contributed by atoms with Gasteiger partial charge >= 0.3 is 0 Å². The fourth-order valence-electron chi connectivity index (χ4n) is 2.22. The Morgan fingerprint density at radius 3 is 2.63 bits per heavy atom. The van der Waals surface area contributed by atoms with Crippen LogP contribution in [0.2, 0.25) is 5.02 Å². The molecule has 1 aliphatic carbocycles. The molecule has 19 heavy (non-hydrogen) atoms. The van der Waals surface area contributed by atoms with Gasteiger partial charge in [-0.15, -0.1) is 11.3 Å². The van der Waals surface area contributed by atoms with Crippen molar-refractivity contribution in [1.29, 1.82) is 0 Å². The number of thiazole rings is 1. The highest BCUT2D eigenvalue weighted by atomic mass is 35.5. The first-order valence-electron chi connectivity index (χ1n) is 6.63. The summed E-state index contributed by atoms with van der Waals surface area (Å²) in [6.45, 7) is 2.05. The minimum absolute atomic E-state index is 0.0899. The van der Waals surface area contributed by atoms with Crippen molar-refractivity contribution in [2.75, 3.05) is 0 Å². The van der Waals surface area contributed by atoms with E-state index in [9.17, 15) is 0 Å². The number of benzene rings is 1. The van der Waals surface area contributed by atoms with Gasteiger partial charge in [0, 0.05) is 28.3 Å². The van der Waals surface area contributed by atoms with Crippen LogP contribution in [-0.2, 0) is 6.42 Å². The van der Waals surface area contributed by atoms with Crippen molar-refractivity contribution in [3.63, 3.8) is 0 Å². The van der Waals surface area contributed by atoms with E-state index in [0.717, 1.165) is 16.5 Å². The number of nitrogens with two attached hydrogens (primary N) is 1. The maximum atomic E-state index is 6.06. The Kier molecular flexibility index (Phi) is 3.61. The van der Waals surface area contributed by atoms with E-state index in [2.05, 4.69) is 12.1 Å². The van der Waals surface area contributed by atoms with E-state index in [0.29, 0.717) is 5.92 Å². The van der Waals surface area contributed by atoms with Crippen LogP contribution in [-0.4, -0.2) is 4.98 Å². The summed E-state index contributed by atoms with van der Waals surface area (Å²) in [7, 11) is 0. The first kappa shape index (κ1) is 13.1. The molecule has 1 aromatic carbocycles. The van der Waals surface area contributed by atoms with Gasteiger partial charge in [0.05, 0.1) is 10.7 Å². The third-order valence-corrected chi connectivity index (χ3v) is 4.90. The molecule has 0 amide bonds. The topological polar surface area (TPSA) is 38.9 Å². The molecule has 0 spiro atoms. The molecule has 0 bridgehead atoms. The van der Waals surface area contributed by atoms with Gasteiger partial charge in [-0.1, -0.05) is 23.7 Å². The summed E-state index contributed by atoms with van der Waals surface area (Å²) in [5.41, 5.74) is 8.56. The van der Waals surface area contributed by atoms with Crippen LogP contribution in [0.3, 0.4) is 0 Å². The van der Waals surface area contributed by atoms with Gasteiger partial charge in [-0.3, -0.25) is 0 Å². The van der Waals surface area contributed by atoms with Gasteiger partial charge in [-0.25, -0.2) is 4.98 Å². The van der Waals surface area contributed by atoms with Crippen LogP contribution >= 0.6 is 22.9 Å². The van der Waals surface area contributed by atoms with Crippen LogP contribution in [0, 0.1) is 0 Å². The van der Waals surface area contributed by atoms with Crippen LogP contribution in [0.4, 0.5) is 0 Å². The second-order valence-electron chi connectivity index (χ2n) is 5.22. The average molecular weight is 293 g/mol. The standard InChI is InChI=1S/C15H17ClN2S/c1-9(17)15-14(11-4-5-11)18-13(19-15)8-10-2-6-12(16)7-3-10/h2-3,6-7,9,11H,4-5,8,17H2,1H3. The van der Waals surface area contributed by atoms with Crippen molar-refractivity contribution in [2.45, 2.75) is 38.1 Å². The van der Waals surface area contributed by atoms with Gasteiger partial charge in [-0.2, -0.15) is 0 Å². The van der Waals surface area contributed by atoms with Gasteiger partial charge in [0.1, 0.15) is 0 Å². The lowest BCUT2D eigenvalue weighted by Gasteiger charge is -2.02. The summed E-state index contributed by atoms with van der Waals surface area (Å²) >= 11 is 7.67. The average Bonchev–Trinajstić information content (AvgIpc) is 3.13. The number of rotatable bonds is 4. The number of hydrogen-bond donors (Lipinski definition) is 1. The van der Waals surface area contributed by atoms with Gasteiger partial charge in [-0.05, 0) is 37.5 Å². The zero-order valence-corrected chi connectivity index (χ0v) is 12.5. The smallest absolute Gasteiger partial charge is 0.0975 e. The molecule has 0 radical (unpaired) electrons. The van der Waals surface area contributed by atoms with E-state index in [4.69, 9.17) is 22.3 Å². The molecule has 1 unspecified atom stereocenters. The molecular formula is C15H17ClN2S. The molecule has 2 N–H and O–H groups in total. The Balaban J connectivity index is 1.84. The molecule has 3 rings (SSSR count). The van der Waals surface area contributed by atoms with E-state index in [1.54, 1.807) is 11.3 Å². The largest absolute Gasteiger partial charge is 0.323 e. The van der Waals surface area contributed by atoms with Crippen molar-refractivity contribution >= 4 is 22.9 Å². The molecule has 1 aliphatic rings. The SMILES string of the molecule is CC(N)c1sc(Cc2ccc(Cl)cc2)nc1C1CC1.